The van der Waals surface area contributed by atoms with Gasteiger partial charge in [0, 0.05) is 45.5 Å². The number of carbonyl (C=O) groups excluding carboxylic acids is 3. The molecular formula is C29H28FN11O4. The Kier molecular flexibility index (Phi) is 7.25. The lowest BCUT2D eigenvalue weighted by molar-refractivity contribution is -0.126. The SMILES string of the molecule is O=C(C(=O)N1CCN(c2nnnn2-c2ccccc2)CC1)c1c[nH]c2c(-c3cc(C(=O)N4CCCC(O)C4)[nH]n3)ncc(F)c12. The number of β-amino-alcohol motifs (C(OH)–C–C–N with tert-alkyl or cyclic N) is 1. The number of likely N-dealkylation sites (tertiary alicyclic amines) is 1. The van der Waals surface area contributed by atoms with Gasteiger partial charge in [0.1, 0.15) is 17.1 Å². The number of piperazine rings is 1. The molecule has 6 heterocycles. The molecule has 2 amide bonds. The molecule has 1 atom stereocenters. The van der Waals surface area contributed by atoms with Crippen LogP contribution < -0.4 is 4.90 Å². The highest BCUT2D eigenvalue weighted by molar-refractivity contribution is 6.45. The highest BCUT2D eigenvalue weighted by Gasteiger charge is 2.32. The third kappa shape index (κ3) is 5.18. The van der Waals surface area contributed by atoms with Gasteiger partial charge in [-0.25, -0.2) is 9.37 Å². The number of amides is 2. The van der Waals surface area contributed by atoms with Crippen LogP contribution in [0.3, 0.4) is 0 Å². The zero-order valence-corrected chi connectivity index (χ0v) is 23.9. The van der Waals surface area contributed by atoms with Gasteiger partial charge >= 0.3 is 0 Å². The lowest BCUT2D eigenvalue weighted by Crippen LogP contribution is -2.51. The summed E-state index contributed by atoms with van der Waals surface area (Å²) in [5.41, 5.74) is 1.48. The number of hydrogen-bond donors (Lipinski definition) is 3. The number of H-pyrrole nitrogens is 2. The summed E-state index contributed by atoms with van der Waals surface area (Å²) in [6.07, 6.45) is 3.00. The Labute approximate surface area is 254 Å². The van der Waals surface area contributed by atoms with E-state index in [0.717, 1.165) is 11.9 Å². The van der Waals surface area contributed by atoms with Gasteiger partial charge < -0.3 is 24.8 Å². The minimum atomic E-state index is -0.860. The van der Waals surface area contributed by atoms with E-state index >= 15 is 4.39 Å². The van der Waals surface area contributed by atoms with E-state index in [0.29, 0.717) is 38.4 Å². The number of aromatic amines is 2. The monoisotopic (exact) mass is 613 g/mol. The molecule has 1 unspecified atom stereocenters. The molecule has 2 fully saturated rings. The Hall–Kier alpha value is -5.51. The summed E-state index contributed by atoms with van der Waals surface area (Å²) >= 11 is 0. The summed E-state index contributed by atoms with van der Waals surface area (Å²) in [5, 5.41) is 28.8. The Morgan fingerprint density at radius 2 is 1.82 bits per heavy atom. The average Bonchev–Trinajstić information content (AvgIpc) is 3.85. The van der Waals surface area contributed by atoms with E-state index in [1.165, 1.54) is 17.2 Å². The number of fused-ring (bicyclic) bond motifs is 1. The van der Waals surface area contributed by atoms with E-state index in [-0.39, 0.29) is 59.1 Å². The molecular weight excluding hydrogens is 585 g/mol. The maximum Gasteiger partial charge on any atom is 0.295 e. The number of para-hydroxylation sites is 1. The highest BCUT2D eigenvalue weighted by atomic mass is 19.1. The maximum absolute atomic E-state index is 15.1. The molecule has 2 saturated heterocycles. The van der Waals surface area contributed by atoms with Crippen molar-refractivity contribution in [1.82, 2.24) is 50.2 Å². The minimum Gasteiger partial charge on any atom is -0.391 e. The van der Waals surface area contributed by atoms with E-state index in [1.54, 1.807) is 9.58 Å². The number of carbonyl (C=O) groups is 3. The number of Topliss-reactive ketones (excluding diaryl/α,β-unsaturated/α-hetero) is 1. The van der Waals surface area contributed by atoms with Crippen LogP contribution in [0, 0.1) is 5.82 Å². The predicted octanol–water partition coefficient (Wildman–Crippen LogP) is 1.20. The third-order valence-electron chi connectivity index (χ3n) is 8.14. The predicted molar refractivity (Wildman–Crippen MR) is 157 cm³/mol. The van der Waals surface area contributed by atoms with Crippen LogP contribution in [-0.4, -0.2) is 118 Å². The molecule has 230 valence electrons. The van der Waals surface area contributed by atoms with Crippen molar-refractivity contribution >= 4 is 34.4 Å². The second kappa shape index (κ2) is 11.5. The van der Waals surface area contributed by atoms with Crippen molar-refractivity contribution in [2.24, 2.45) is 0 Å². The average molecular weight is 614 g/mol. The molecule has 15 nitrogen and oxygen atoms in total. The molecule has 1 aromatic carbocycles. The molecule has 0 saturated carbocycles. The summed E-state index contributed by atoms with van der Waals surface area (Å²) in [5.74, 6) is -2.20. The zero-order chi connectivity index (χ0) is 31.1. The van der Waals surface area contributed by atoms with Gasteiger partial charge in [0.2, 0.25) is 5.95 Å². The van der Waals surface area contributed by atoms with Crippen LogP contribution >= 0.6 is 0 Å². The van der Waals surface area contributed by atoms with Gasteiger partial charge in [-0.15, -0.1) is 0 Å². The Morgan fingerprint density at radius 3 is 2.60 bits per heavy atom. The van der Waals surface area contributed by atoms with Gasteiger partial charge in [0.05, 0.1) is 34.5 Å². The topological polar surface area (TPSA) is 182 Å². The number of halogens is 1. The smallest absolute Gasteiger partial charge is 0.295 e. The number of nitrogens with zero attached hydrogens (tertiary/aromatic N) is 9. The van der Waals surface area contributed by atoms with Crippen LogP contribution in [0.5, 0.6) is 0 Å². The molecule has 0 spiro atoms. The molecule has 2 aliphatic heterocycles. The number of nitrogens with one attached hydrogen (secondary N) is 2. The van der Waals surface area contributed by atoms with E-state index in [1.807, 2.05) is 35.2 Å². The largest absolute Gasteiger partial charge is 0.391 e. The van der Waals surface area contributed by atoms with Crippen molar-refractivity contribution < 1.29 is 23.9 Å². The molecule has 16 heteroatoms. The van der Waals surface area contributed by atoms with Crippen molar-refractivity contribution in [2.75, 3.05) is 44.2 Å². The van der Waals surface area contributed by atoms with Gasteiger partial charge in [-0.2, -0.15) is 9.78 Å². The molecule has 45 heavy (non-hydrogen) atoms. The fourth-order valence-corrected chi connectivity index (χ4v) is 5.83. The minimum absolute atomic E-state index is 0.0888. The summed E-state index contributed by atoms with van der Waals surface area (Å²) < 4.78 is 16.8. The second-order valence-corrected chi connectivity index (χ2v) is 11.0. The number of anilines is 1. The normalized spacial score (nSPS) is 17.2. The van der Waals surface area contributed by atoms with Crippen molar-refractivity contribution in [3.05, 3.63) is 65.9 Å². The van der Waals surface area contributed by atoms with Crippen LogP contribution in [0.25, 0.3) is 28.0 Å². The number of ketones is 1. The van der Waals surface area contributed by atoms with Crippen molar-refractivity contribution in [1.29, 1.82) is 0 Å². The number of aliphatic hydroxyl groups excluding tert-OH is 1. The van der Waals surface area contributed by atoms with Gasteiger partial charge in [-0.05, 0) is 41.5 Å². The van der Waals surface area contributed by atoms with E-state index < -0.39 is 23.6 Å². The Balaban J connectivity index is 1.08. The van der Waals surface area contributed by atoms with Crippen LogP contribution in [0.15, 0.2) is 48.8 Å². The Morgan fingerprint density at radius 1 is 1.02 bits per heavy atom. The molecule has 4 aromatic heterocycles. The highest BCUT2D eigenvalue weighted by Crippen LogP contribution is 2.30. The fraction of sp³-hybridized carbons (Fsp3) is 0.310. The molecule has 7 rings (SSSR count). The number of rotatable bonds is 6. The molecule has 3 N–H and O–H groups in total. The van der Waals surface area contributed by atoms with Crippen LogP contribution in [0.4, 0.5) is 10.3 Å². The fourth-order valence-electron chi connectivity index (χ4n) is 5.83. The summed E-state index contributed by atoms with van der Waals surface area (Å²) in [6.45, 7) is 1.99. The van der Waals surface area contributed by atoms with Gasteiger partial charge in [-0.1, -0.05) is 23.3 Å². The lowest BCUT2D eigenvalue weighted by atomic mass is 10.1. The number of piperidine rings is 1. The number of hydrogen-bond acceptors (Lipinski definition) is 10. The zero-order valence-electron chi connectivity index (χ0n) is 23.9. The van der Waals surface area contributed by atoms with Gasteiger partial charge in [0.25, 0.3) is 17.6 Å². The maximum atomic E-state index is 15.1. The number of benzene rings is 1. The van der Waals surface area contributed by atoms with Gasteiger partial charge in [0.15, 0.2) is 5.82 Å². The van der Waals surface area contributed by atoms with E-state index in [4.69, 9.17) is 0 Å². The molecule has 0 aliphatic carbocycles. The molecule has 2 aliphatic rings. The lowest BCUT2D eigenvalue weighted by Gasteiger charge is -2.34. The number of pyridine rings is 1. The number of tetrazole rings is 1. The van der Waals surface area contributed by atoms with Crippen LogP contribution in [0.2, 0.25) is 0 Å². The molecule has 5 aromatic rings. The summed E-state index contributed by atoms with van der Waals surface area (Å²) in [4.78, 5) is 51.6. The molecule has 0 radical (unpaired) electrons. The number of aliphatic hydroxyl groups is 1. The quantitative estimate of drug-likeness (QED) is 0.186. The molecule has 0 bridgehead atoms. The first kappa shape index (κ1) is 28.3. The van der Waals surface area contributed by atoms with Crippen molar-refractivity contribution in [3.8, 4) is 17.1 Å². The standard InChI is InChI=1S/C29H28FN11O4/c30-20-15-32-24(21-13-22(34-33-21)27(44)40-8-4-7-18(42)16-40)25-23(20)19(14-31-25)26(43)28(45)38-9-11-39(12-10-38)29-35-36-37-41(29)17-5-2-1-3-6-17/h1-3,5-6,13-15,18,31,42H,4,7-12,16H2,(H,33,34). The second-order valence-electron chi connectivity index (χ2n) is 11.0. The van der Waals surface area contributed by atoms with E-state index in [9.17, 15) is 19.5 Å². The first-order chi connectivity index (χ1) is 21.9. The number of aromatic nitrogens is 8. The first-order valence-electron chi connectivity index (χ1n) is 14.5. The first-order valence-corrected chi connectivity index (χ1v) is 14.5. The van der Waals surface area contributed by atoms with E-state index in [2.05, 4.69) is 35.7 Å². The van der Waals surface area contributed by atoms with Crippen molar-refractivity contribution in [2.45, 2.75) is 18.9 Å². The van der Waals surface area contributed by atoms with Crippen LogP contribution in [0.1, 0.15) is 33.7 Å². The summed E-state index contributed by atoms with van der Waals surface area (Å²) in [7, 11) is 0. The van der Waals surface area contributed by atoms with Crippen molar-refractivity contribution in [3.63, 3.8) is 0 Å². The third-order valence-corrected chi connectivity index (χ3v) is 8.14. The summed E-state index contributed by atoms with van der Waals surface area (Å²) in [6, 6.07) is 10.9. The Bertz CT molecular complexity index is 1890. The van der Waals surface area contributed by atoms with Gasteiger partial charge in [-0.3, -0.25) is 19.5 Å². The van der Waals surface area contributed by atoms with Crippen LogP contribution in [-0.2, 0) is 4.79 Å².